The molecule has 2 N–H and O–H groups in total. The Morgan fingerprint density at radius 3 is 2.47 bits per heavy atom. The van der Waals surface area contributed by atoms with Gasteiger partial charge in [0.15, 0.2) is 0 Å². The molecule has 1 heterocycles. The minimum Gasteiger partial charge on any atom is -0.396 e. The highest BCUT2D eigenvalue weighted by atomic mass is 16.2. The van der Waals surface area contributed by atoms with Crippen molar-refractivity contribution in [1.82, 2.24) is 4.98 Å². The van der Waals surface area contributed by atoms with Gasteiger partial charge in [0.05, 0.1) is 0 Å². The predicted molar refractivity (Wildman–Crippen MR) is 71.1 cm³/mol. The number of benzene rings is 1. The topological polar surface area (TPSA) is 36.0 Å². The quantitative estimate of drug-likeness (QED) is 0.830. The van der Waals surface area contributed by atoms with Gasteiger partial charge in [-0.3, -0.25) is 0 Å². The zero-order valence-corrected chi connectivity index (χ0v) is 10.5. The van der Waals surface area contributed by atoms with Crippen molar-refractivity contribution in [3.63, 3.8) is 0 Å². The molecule has 0 amide bonds. The van der Waals surface area contributed by atoms with Crippen LogP contribution in [0.3, 0.4) is 0 Å². The van der Waals surface area contributed by atoms with E-state index in [-0.39, 0.29) is 6.61 Å². The largest absolute Gasteiger partial charge is 0.396 e. The van der Waals surface area contributed by atoms with E-state index in [1.54, 1.807) is 0 Å². The molecule has 2 nitrogen and oxygen atoms in total. The fourth-order valence-electron chi connectivity index (χ4n) is 2.09. The summed E-state index contributed by atoms with van der Waals surface area (Å²) in [5.41, 5.74) is 6.08. The van der Waals surface area contributed by atoms with Crippen molar-refractivity contribution in [2.75, 3.05) is 6.61 Å². The molecule has 0 radical (unpaired) electrons. The number of hydrogen-bond donors (Lipinski definition) is 2. The van der Waals surface area contributed by atoms with E-state index in [1.165, 1.54) is 22.4 Å². The van der Waals surface area contributed by atoms with E-state index in [4.69, 9.17) is 5.11 Å². The van der Waals surface area contributed by atoms with Crippen LogP contribution in [0.2, 0.25) is 0 Å². The number of H-pyrrole nitrogens is 1. The number of aromatic amines is 1. The normalized spacial score (nSPS) is 10.8. The summed E-state index contributed by atoms with van der Waals surface area (Å²) in [5, 5.41) is 9.04. The average molecular weight is 229 g/mol. The monoisotopic (exact) mass is 229 g/mol. The van der Waals surface area contributed by atoms with Crippen molar-refractivity contribution in [1.29, 1.82) is 0 Å². The molecule has 0 saturated heterocycles. The third kappa shape index (κ3) is 2.59. The number of aromatic nitrogens is 1. The molecular formula is C15H19NO. The van der Waals surface area contributed by atoms with Crippen LogP contribution in [-0.2, 0) is 12.8 Å². The highest BCUT2D eigenvalue weighted by Gasteiger charge is 2.07. The number of nitrogens with one attached hydrogen (secondary N) is 1. The number of hydrogen-bond acceptors (Lipinski definition) is 1. The lowest BCUT2D eigenvalue weighted by Gasteiger charge is -1.98. The first kappa shape index (κ1) is 11.9. The third-order valence-electron chi connectivity index (χ3n) is 3.09. The minimum atomic E-state index is 0.207. The van der Waals surface area contributed by atoms with E-state index in [9.17, 15) is 0 Å². The lowest BCUT2D eigenvalue weighted by Crippen LogP contribution is -1.93. The number of rotatable bonds is 4. The first-order valence-corrected chi connectivity index (χ1v) is 6.13. The van der Waals surface area contributed by atoms with E-state index < -0.39 is 0 Å². The van der Waals surface area contributed by atoms with Gasteiger partial charge in [-0.25, -0.2) is 0 Å². The Kier molecular flexibility index (Phi) is 3.64. The van der Waals surface area contributed by atoms with Crippen LogP contribution >= 0.6 is 0 Å². The second-order valence-electron chi connectivity index (χ2n) is 4.38. The molecule has 0 spiro atoms. The Morgan fingerprint density at radius 1 is 1.18 bits per heavy atom. The summed E-state index contributed by atoms with van der Waals surface area (Å²) >= 11 is 0. The Morgan fingerprint density at radius 2 is 1.88 bits per heavy atom. The molecular weight excluding hydrogens is 210 g/mol. The summed E-state index contributed by atoms with van der Waals surface area (Å²) in [5.74, 6) is 0. The lowest BCUT2D eigenvalue weighted by molar-refractivity contribution is 0.299. The van der Waals surface area contributed by atoms with Gasteiger partial charge in [-0.1, -0.05) is 36.8 Å². The summed E-state index contributed by atoms with van der Waals surface area (Å²) < 4.78 is 0. The summed E-state index contributed by atoms with van der Waals surface area (Å²) in [6.45, 7) is 4.43. The van der Waals surface area contributed by atoms with Gasteiger partial charge in [-0.05, 0) is 37.0 Å². The van der Waals surface area contributed by atoms with Crippen LogP contribution in [0.4, 0.5) is 0 Å². The maximum atomic E-state index is 9.04. The maximum absolute atomic E-state index is 9.04. The molecule has 2 aromatic rings. The molecule has 1 aromatic heterocycles. The van der Waals surface area contributed by atoms with Gasteiger partial charge in [0.25, 0.3) is 0 Å². The van der Waals surface area contributed by atoms with E-state index >= 15 is 0 Å². The molecule has 2 heteroatoms. The van der Waals surface area contributed by atoms with Crippen molar-refractivity contribution in [3.8, 4) is 11.3 Å². The fourth-order valence-corrected chi connectivity index (χ4v) is 2.09. The highest BCUT2D eigenvalue weighted by molar-refractivity contribution is 5.61. The Labute approximate surface area is 102 Å². The second-order valence-corrected chi connectivity index (χ2v) is 4.38. The molecule has 0 bridgehead atoms. The SMILES string of the molecule is CCc1[nH]c(-c2ccc(C)cc2)cc1CCO. The molecule has 0 aliphatic heterocycles. The van der Waals surface area contributed by atoms with Crippen molar-refractivity contribution in [3.05, 3.63) is 47.2 Å². The number of aliphatic hydroxyl groups excluding tert-OH is 1. The van der Waals surface area contributed by atoms with Crippen molar-refractivity contribution >= 4 is 0 Å². The van der Waals surface area contributed by atoms with Crippen LogP contribution in [0.5, 0.6) is 0 Å². The zero-order valence-electron chi connectivity index (χ0n) is 10.5. The summed E-state index contributed by atoms with van der Waals surface area (Å²) in [6.07, 6.45) is 1.70. The number of aliphatic hydroxyl groups is 1. The highest BCUT2D eigenvalue weighted by Crippen LogP contribution is 2.23. The molecule has 2 rings (SSSR count). The van der Waals surface area contributed by atoms with E-state index in [0.29, 0.717) is 0 Å². The third-order valence-corrected chi connectivity index (χ3v) is 3.09. The van der Waals surface area contributed by atoms with Gasteiger partial charge in [0.2, 0.25) is 0 Å². The molecule has 0 atom stereocenters. The van der Waals surface area contributed by atoms with Crippen LogP contribution < -0.4 is 0 Å². The summed E-state index contributed by atoms with van der Waals surface area (Å²) in [6, 6.07) is 10.6. The van der Waals surface area contributed by atoms with Crippen molar-refractivity contribution in [2.24, 2.45) is 0 Å². The molecule has 90 valence electrons. The fraction of sp³-hybridized carbons (Fsp3) is 0.333. The maximum Gasteiger partial charge on any atom is 0.0472 e. The number of aryl methyl sites for hydroxylation is 2. The molecule has 0 aliphatic rings. The van der Waals surface area contributed by atoms with Crippen LogP contribution in [0.15, 0.2) is 30.3 Å². The van der Waals surface area contributed by atoms with E-state index in [1.807, 2.05) is 0 Å². The van der Waals surface area contributed by atoms with Gasteiger partial charge < -0.3 is 10.1 Å². The molecule has 0 aliphatic carbocycles. The van der Waals surface area contributed by atoms with Crippen molar-refractivity contribution < 1.29 is 5.11 Å². The van der Waals surface area contributed by atoms with E-state index in [2.05, 4.69) is 49.2 Å². The van der Waals surface area contributed by atoms with Gasteiger partial charge in [0, 0.05) is 18.0 Å². The zero-order chi connectivity index (χ0) is 12.3. The molecule has 0 fully saturated rings. The lowest BCUT2D eigenvalue weighted by atomic mass is 10.1. The molecule has 0 unspecified atom stereocenters. The van der Waals surface area contributed by atoms with Gasteiger partial charge in [0.1, 0.15) is 0 Å². The Bertz CT molecular complexity index is 482. The van der Waals surface area contributed by atoms with Crippen LogP contribution in [0.25, 0.3) is 11.3 Å². The van der Waals surface area contributed by atoms with Crippen LogP contribution in [0.1, 0.15) is 23.7 Å². The Balaban J connectivity index is 2.35. The van der Waals surface area contributed by atoms with Crippen LogP contribution in [0, 0.1) is 6.92 Å². The summed E-state index contributed by atoms with van der Waals surface area (Å²) in [7, 11) is 0. The van der Waals surface area contributed by atoms with Crippen LogP contribution in [-0.4, -0.2) is 16.7 Å². The molecule has 0 saturated carbocycles. The van der Waals surface area contributed by atoms with Gasteiger partial charge >= 0.3 is 0 Å². The minimum absolute atomic E-state index is 0.207. The molecule has 1 aromatic carbocycles. The first-order chi connectivity index (χ1) is 8.24. The molecule has 17 heavy (non-hydrogen) atoms. The van der Waals surface area contributed by atoms with E-state index in [0.717, 1.165) is 18.5 Å². The predicted octanol–water partition coefficient (Wildman–Crippen LogP) is 3.09. The Hall–Kier alpha value is -1.54. The van der Waals surface area contributed by atoms with Crippen molar-refractivity contribution in [2.45, 2.75) is 26.7 Å². The van der Waals surface area contributed by atoms with Gasteiger partial charge in [-0.2, -0.15) is 0 Å². The van der Waals surface area contributed by atoms with Gasteiger partial charge in [-0.15, -0.1) is 0 Å². The average Bonchev–Trinajstić information content (AvgIpc) is 2.74. The smallest absolute Gasteiger partial charge is 0.0472 e. The second kappa shape index (κ2) is 5.19. The summed E-state index contributed by atoms with van der Waals surface area (Å²) in [4.78, 5) is 3.44. The first-order valence-electron chi connectivity index (χ1n) is 6.13. The standard InChI is InChI=1S/C15H19NO/c1-3-14-13(8-9-17)10-15(16-14)12-6-4-11(2)5-7-12/h4-7,10,16-17H,3,8-9H2,1-2H3.